The highest BCUT2D eigenvalue weighted by Crippen LogP contribution is 2.31. The normalized spacial score (nSPS) is 13.5. The first-order valence-electron chi connectivity index (χ1n) is 9.22. The first-order valence-corrected chi connectivity index (χ1v) is 10.4. The highest BCUT2D eigenvalue weighted by molar-refractivity contribution is 9.10. The summed E-state index contributed by atoms with van der Waals surface area (Å²) in [5.74, 6) is -2.09. The molecule has 0 aliphatic carbocycles. The molecule has 6 nitrogen and oxygen atoms in total. The van der Waals surface area contributed by atoms with Gasteiger partial charge >= 0.3 is 5.97 Å². The molecule has 0 bridgehead atoms. The topological polar surface area (TPSA) is 75.7 Å². The van der Waals surface area contributed by atoms with Crippen LogP contribution < -0.4 is 15.0 Å². The number of carbonyl (C=O) groups excluding carboxylic acids is 3. The van der Waals surface area contributed by atoms with Crippen LogP contribution in [0.3, 0.4) is 0 Å². The van der Waals surface area contributed by atoms with Gasteiger partial charge in [0.2, 0.25) is 0 Å². The van der Waals surface area contributed by atoms with E-state index in [4.69, 9.17) is 16.3 Å². The summed E-state index contributed by atoms with van der Waals surface area (Å²) in [5.41, 5.74) is 0.999. The molecule has 1 N–H and O–H groups in total. The lowest BCUT2D eigenvalue weighted by atomic mass is 10.2. The van der Waals surface area contributed by atoms with Crippen molar-refractivity contribution in [1.82, 2.24) is 0 Å². The zero-order valence-electron chi connectivity index (χ0n) is 16.1. The number of amides is 2. The van der Waals surface area contributed by atoms with Crippen molar-refractivity contribution >= 4 is 56.7 Å². The quantitative estimate of drug-likeness (QED) is 0.286. The van der Waals surface area contributed by atoms with Crippen LogP contribution >= 0.6 is 27.5 Å². The van der Waals surface area contributed by atoms with Gasteiger partial charge in [-0.25, -0.2) is 14.1 Å². The van der Waals surface area contributed by atoms with Crippen LogP contribution in [0.2, 0.25) is 0 Å². The van der Waals surface area contributed by atoms with Gasteiger partial charge in [0.25, 0.3) is 11.8 Å². The van der Waals surface area contributed by atoms with Gasteiger partial charge in [0.05, 0.1) is 11.3 Å². The number of imide groups is 1. The lowest BCUT2D eigenvalue weighted by Gasteiger charge is -2.15. The molecule has 0 unspecified atom stereocenters. The maximum absolute atomic E-state index is 13.0. The van der Waals surface area contributed by atoms with Crippen LogP contribution in [0, 0.1) is 5.82 Å². The smallest absolute Gasteiger partial charge is 0.343 e. The number of nitrogens with one attached hydrogen (secondary N) is 1. The Hall–Kier alpha value is -3.49. The van der Waals surface area contributed by atoms with E-state index in [0.717, 1.165) is 9.37 Å². The Morgan fingerprint density at radius 3 is 2.16 bits per heavy atom. The lowest BCUT2D eigenvalue weighted by Crippen LogP contribution is -2.32. The van der Waals surface area contributed by atoms with E-state index in [9.17, 15) is 18.8 Å². The van der Waals surface area contributed by atoms with E-state index in [2.05, 4.69) is 21.2 Å². The Bertz CT molecular complexity index is 1240. The predicted molar refractivity (Wildman–Crippen MR) is 121 cm³/mol. The fraction of sp³-hybridized carbons (Fsp3) is 0. The molecule has 0 fully saturated rings. The van der Waals surface area contributed by atoms with Crippen molar-refractivity contribution in [3.63, 3.8) is 0 Å². The lowest BCUT2D eigenvalue weighted by molar-refractivity contribution is -0.120. The van der Waals surface area contributed by atoms with Gasteiger partial charge in [-0.3, -0.25) is 9.59 Å². The number of esters is 1. The molecule has 1 aliphatic rings. The van der Waals surface area contributed by atoms with E-state index in [1.165, 1.54) is 36.4 Å². The van der Waals surface area contributed by atoms with Gasteiger partial charge in [0.1, 0.15) is 22.3 Å². The van der Waals surface area contributed by atoms with E-state index in [-0.39, 0.29) is 22.0 Å². The van der Waals surface area contributed by atoms with Crippen LogP contribution in [0.25, 0.3) is 0 Å². The third-order valence-electron chi connectivity index (χ3n) is 4.53. The third kappa shape index (κ3) is 4.42. The molecule has 0 atom stereocenters. The minimum atomic E-state index is -0.638. The molecule has 2 amide bonds. The summed E-state index contributed by atoms with van der Waals surface area (Å²) in [7, 11) is 0. The van der Waals surface area contributed by atoms with E-state index in [1.54, 1.807) is 36.4 Å². The first-order chi connectivity index (χ1) is 15.3. The van der Waals surface area contributed by atoms with Crippen LogP contribution in [0.4, 0.5) is 15.8 Å². The fourth-order valence-electron chi connectivity index (χ4n) is 2.94. The second-order valence-corrected chi connectivity index (χ2v) is 7.95. The number of rotatable bonds is 5. The maximum Gasteiger partial charge on any atom is 0.343 e. The van der Waals surface area contributed by atoms with Crippen LogP contribution in [0.1, 0.15) is 10.4 Å². The molecule has 9 heteroatoms. The number of carbonyl (C=O) groups is 3. The van der Waals surface area contributed by atoms with Gasteiger partial charge in [-0.15, -0.1) is 0 Å². The summed E-state index contributed by atoms with van der Waals surface area (Å²) in [6.07, 6.45) is 0. The summed E-state index contributed by atoms with van der Waals surface area (Å²) >= 11 is 9.43. The second kappa shape index (κ2) is 8.94. The highest BCUT2D eigenvalue weighted by Gasteiger charge is 2.38. The van der Waals surface area contributed by atoms with Gasteiger partial charge in [-0.1, -0.05) is 27.5 Å². The number of halogens is 3. The molecule has 0 saturated carbocycles. The van der Waals surface area contributed by atoms with Crippen molar-refractivity contribution in [1.29, 1.82) is 0 Å². The van der Waals surface area contributed by atoms with Crippen molar-refractivity contribution < 1.29 is 23.5 Å². The zero-order valence-corrected chi connectivity index (χ0v) is 18.5. The standard InChI is InChI=1S/C23H13BrClFN2O4/c24-14-3-9-17(10-4-14)28-21(29)19(25)20(22(28)30)27-16-7-1-13(2-8-16)23(31)32-18-11-5-15(26)6-12-18/h1-12,27H. The van der Waals surface area contributed by atoms with Crippen molar-refractivity contribution in [3.05, 3.63) is 99.4 Å². The molecule has 3 aromatic rings. The Labute approximate surface area is 195 Å². The SMILES string of the molecule is O=C(Oc1ccc(F)cc1)c1ccc(NC2=C(Cl)C(=O)N(c3ccc(Br)cc3)C2=O)cc1. The Morgan fingerprint density at radius 2 is 1.53 bits per heavy atom. The molecule has 3 aromatic carbocycles. The monoisotopic (exact) mass is 514 g/mol. The maximum atomic E-state index is 13.0. The fourth-order valence-corrected chi connectivity index (χ4v) is 3.42. The van der Waals surface area contributed by atoms with Crippen molar-refractivity contribution in [3.8, 4) is 5.75 Å². The molecule has 0 saturated heterocycles. The van der Waals surface area contributed by atoms with E-state index in [1.807, 2.05) is 0 Å². The van der Waals surface area contributed by atoms with Gasteiger partial charge in [0, 0.05) is 10.2 Å². The van der Waals surface area contributed by atoms with Gasteiger partial charge < -0.3 is 10.1 Å². The molecule has 32 heavy (non-hydrogen) atoms. The highest BCUT2D eigenvalue weighted by atomic mass is 79.9. The van der Waals surface area contributed by atoms with Crippen LogP contribution in [0.15, 0.2) is 88.0 Å². The van der Waals surface area contributed by atoms with E-state index in [0.29, 0.717) is 11.4 Å². The van der Waals surface area contributed by atoms with E-state index >= 15 is 0 Å². The Morgan fingerprint density at radius 1 is 0.906 bits per heavy atom. The minimum Gasteiger partial charge on any atom is -0.423 e. The molecule has 0 spiro atoms. The largest absolute Gasteiger partial charge is 0.423 e. The molecule has 1 heterocycles. The average Bonchev–Trinajstić information content (AvgIpc) is 3.00. The van der Waals surface area contributed by atoms with Crippen molar-refractivity contribution in [2.75, 3.05) is 10.2 Å². The number of benzene rings is 3. The first kappa shape index (κ1) is 21.7. The van der Waals surface area contributed by atoms with Gasteiger partial charge in [-0.2, -0.15) is 0 Å². The van der Waals surface area contributed by atoms with Crippen molar-refractivity contribution in [2.24, 2.45) is 0 Å². The summed E-state index contributed by atoms with van der Waals surface area (Å²) < 4.78 is 18.9. The number of hydrogen-bond donors (Lipinski definition) is 1. The van der Waals surface area contributed by atoms with Gasteiger partial charge in [-0.05, 0) is 72.8 Å². The van der Waals surface area contributed by atoms with Gasteiger partial charge in [0.15, 0.2) is 0 Å². The number of anilines is 2. The third-order valence-corrected chi connectivity index (χ3v) is 5.41. The van der Waals surface area contributed by atoms with Crippen molar-refractivity contribution in [2.45, 2.75) is 0 Å². The van der Waals surface area contributed by atoms with Crippen LogP contribution in [-0.2, 0) is 9.59 Å². The van der Waals surface area contributed by atoms with Crippen LogP contribution in [0.5, 0.6) is 5.75 Å². The molecule has 0 aromatic heterocycles. The molecular weight excluding hydrogens is 503 g/mol. The summed E-state index contributed by atoms with van der Waals surface area (Å²) in [6, 6.07) is 17.8. The number of nitrogens with zero attached hydrogens (tertiary/aromatic N) is 1. The summed E-state index contributed by atoms with van der Waals surface area (Å²) in [6.45, 7) is 0. The molecule has 0 radical (unpaired) electrons. The molecular formula is C23H13BrClFN2O4. The molecule has 1 aliphatic heterocycles. The number of hydrogen-bond acceptors (Lipinski definition) is 5. The Balaban J connectivity index is 1.47. The molecule has 160 valence electrons. The summed E-state index contributed by atoms with van der Waals surface area (Å²) in [5, 5.41) is 2.60. The van der Waals surface area contributed by atoms with E-state index < -0.39 is 23.6 Å². The average molecular weight is 516 g/mol. The number of ether oxygens (including phenoxy) is 1. The van der Waals surface area contributed by atoms with Crippen LogP contribution in [-0.4, -0.2) is 17.8 Å². The minimum absolute atomic E-state index is 0.0683. The Kier molecular flexibility index (Phi) is 6.07. The zero-order chi connectivity index (χ0) is 22.8. The summed E-state index contributed by atoms with van der Waals surface area (Å²) in [4.78, 5) is 38.6. The second-order valence-electron chi connectivity index (χ2n) is 6.66. The molecule has 4 rings (SSSR count). The predicted octanol–water partition coefficient (Wildman–Crippen LogP) is 5.24.